The molecule has 1 atom stereocenters. The van der Waals surface area contributed by atoms with Crippen molar-refractivity contribution in [3.8, 4) is 0 Å². The number of carbonyl (C=O) groups excluding carboxylic acids is 1. The lowest BCUT2D eigenvalue weighted by atomic mass is 10.1. The van der Waals surface area contributed by atoms with E-state index in [1.165, 1.54) is 16.7 Å². The molecule has 0 aliphatic carbocycles. The van der Waals surface area contributed by atoms with Gasteiger partial charge in [-0.15, -0.1) is 0 Å². The number of anilines is 1. The van der Waals surface area contributed by atoms with Gasteiger partial charge in [0.05, 0.1) is 19.3 Å². The predicted octanol–water partition coefficient (Wildman–Crippen LogP) is 2.59. The van der Waals surface area contributed by atoms with Gasteiger partial charge in [0.2, 0.25) is 5.91 Å². The van der Waals surface area contributed by atoms with E-state index >= 15 is 0 Å². The first kappa shape index (κ1) is 19.1. The van der Waals surface area contributed by atoms with Gasteiger partial charge in [-0.1, -0.05) is 42.5 Å². The molecule has 0 spiro atoms. The zero-order valence-electron chi connectivity index (χ0n) is 16.6. The SMILES string of the molecule is C[C@H](NCc1ccccc1CN1CCOCC1)C(=O)N1CCc2ccccc21. The molecule has 4 rings (SSSR count). The second kappa shape index (κ2) is 8.86. The Hall–Kier alpha value is -2.21. The summed E-state index contributed by atoms with van der Waals surface area (Å²) < 4.78 is 5.45. The first-order chi connectivity index (χ1) is 13.7. The van der Waals surface area contributed by atoms with Crippen LogP contribution in [-0.4, -0.2) is 49.7 Å². The molecular weight excluding hydrogens is 350 g/mol. The Morgan fingerprint density at radius 2 is 1.75 bits per heavy atom. The molecule has 0 unspecified atom stereocenters. The Bertz CT molecular complexity index is 817. The van der Waals surface area contributed by atoms with Gasteiger partial charge < -0.3 is 15.0 Å². The summed E-state index contributed by atoms with van der Waals surface area (Å²) >= 11 is 0. The molecule has 5 heteroatoms. The van der Waals surface area contributed by atoms with Gasteiger partial charge in [0, 0.05) is 38.4 Å². The Morgan fingerprint density at radius 1 is 1.04 bits per heavy atom. The third-order valence-corrected chi connectivity index (χ3v) is 5.74. The van der Waals surface area contributed by atoms with Gasteiger partial charge >= 0.3 is 0 Å². The number of carbonyl (C=O) groups is 1. The molecule has 0 saturated carbocycles. The maximum absolute atomic E-state index is 13.0. The van der Waals surface area contributed by atoms with Crippen molar-refractivity contribution in [3.63, 3.8) is 0 Å². The van der Waals surface area contributed by atoms with Crippen LogP contribution >= 0.6 is 0 Å². The Balaban J connectivity index is 1.37. The molecule has 1 N–H and O–H groups in total. The fourth-order valence-electron chi connectivity index (χ4n) is 4.04. The van der Waals surface area contributed by atoms with Crippen LogP contribution in [0.4, 0.5) is 5.69 Å². The van der Waals surface area contributed by atoms with Gasteiger partial charge in [-0.2, -0.15) is 0 Å². The van der Waals surface area contributed by atoms with Crippen LogP contribution < -0.4 is 10.2 Å². The second-order valence-electron chi connectivity index (χ2n) is 7.63. The maximum atomic E-state index is 13.0. The number of nitrogens with zero attached hydrogens (tertiary/aromatic N) is 2. The molecule has 2 heterocycles. The Kier molecular flexibility index (Phi) is 6.05. The van der Waals surface area contributed by atoms with Crippen molar-refractivity contribution in [1.29, 1.82) is 0 Å². The summed E-state index contributed by atoms with van der Waals surface area (Å²) in [6.45, 7) is 7.94. The number of fused-ring (bicyclic) bond motifs is 1. The Labute approximate surface area is 167 Å². The van der Waals surface area contributed by atoms with Crippen LogP contribution in [0.5, 0.6) is 0 Å². The molecule has 2 aliphatic heterocycles. The van der Waals surface area contributed by atoms with Crippen LogP contribution in [-0.2, 0) is 29.0 Å². The van der Waals surface area contributed by atoms with Crippen LogP contribution in [0.15, 0.2) is 48.5 Å². The van der Waals surface area contributed by atoms with Crippen molar-refractivity contribution in [2.45, 2.75) is 32.5 Å². The molecule has 2 aromatic rings. The highest BCUT2D eigenvalue weighted by atomic mass is 16.5. The minimum Gasteiger partial charge on any atom is -0.379 e. The van der Waals surface area contributed by atoms with E-state index < -0.39 is 0 Å². The molecule has 2 aliphatic rings. The number of para-hydroxylation sites is 1. The van der Waals surface area contributed by atoms with E-state index in [-0.39, 0.29) is 11.9 Å². The number of rotatable bonds is 6. The van der Waals surface area contributed by atoms with Gasteiger partial charge in [-0.05, 0) is 36.1 Å². The van der Waals surface area contributed by atoms with Gasteiger partial charge in [0.15, 0.2) is 0 Å². The summed E-state index contributed by atoms with van der Waals surface area (Å²) in [7, 11) is 0. The highest BCUT2D eigenvalue weighted by molar-refractivity contribution is 5.98. The van der Waals surface area contributed by atoms with Crippen molar-refractivity contribution in [2.75, 3.05) is 37.7 Å². The largest absolute Gasteiger partial charge is 0.379 e. The van der Waals surface area contributed by atoms with Crippen LogP contribution in [0, 0.1) is 0 Å². The molecule has 148 valence electrons. The third kappa shape index (κ3) is 4.27. The number of nitrogens with one attached hydrogen (secondary N) is 1. The van der Waals surface area contributed by atoms with E-state index in [9.17, 15) is 4.79 Å². The minimum absolute atomic E-state index is 0.149. The molecule has 0 bridgehead atoms. The topological polar surface area (TPSA) is 44.8 Å². The fourth-order valence-corrected chi connectivity index (χ4v) is 4.04. The van der Waals surface area contributed by atoms with Crippen molar-refractivity contribution in [2.24, 2.45) is 0 Å². The van der Waals surface area contributed by atoms with Crippen LogP contribution in [0.25, 0.3) is 0 Å². The lowest BCUT2D eigenvalue weighted by molar-refractivity contribution is -0.120. The van der Waals surface area contributed by atoms with E-state index in [0.717, 1.165) is 51.5 Å². The minimum atomic E-state index is -0.220. The highest BCUT2D eigenvalue weighted by Crippen LogP contribution is 2.27. The summed E-state index contributed by atoms with van der Waals surface area (Å²) in [4.78, 5) is 17.3. The third-order valence-electron chi connectivity index (χ3n) is 5.74. The second-order valence-corrected chi connectivity index (χ2v) is 7.63. The number of benzene rings is 2. The van der Waals surface area contributed by atoms with Crippen molar-refractivity contribution in [3.05, 3.63) is 65.2 Å². The predicted molar refractivity (Wildman–Crippen MR) is 111 cm³/mol. The van der Waals surface area contributed by atoms with E-state index in [1.54, 1.807) is 0 Å². The number of morpholine rings is 1. The van der Waals surface area contributed by atoms with Crippen molar-refractivity contribution in [1.82, 2.24) is 10.2 Å². The molecule has 0 aromatic heterocycles. The molecule has 1 amide bonds. The molecule has 28 heavy (non-hydrogen) atoms. The highest BCUT2D eigenvalue weighted by Gasteiger charge is 2.27. The molecule has 1 saturated heterocycles. The van der Waals surface area contributed by atoms with E-state index in [1.807, 2.05) is 30.0 Å². The van der Waals surface area contributed by atoms with Gasteiger partial charge in [0.25, 0.3) is 0 Å². The molecule has 0 radical (unpaired) electrons. The van der Waals surface area contributed by atoms with Crippen LogP contribution in [0.3, 0.4) is 0 Å². The van der Waals surface area contributed by atoms with E-state index in [2.05, 4.69) is 40.5 Å². The van der Waals surface area contributed by atoms with Gasteiger partial charge in [-0.3, -0.25) is 9.69 Å². The number of ether oxygens (including phenoxy) is 1. The van der Waals surface area contributed by atoms with Gasteiger partial charge in [0.1, 0.15) is 0 Å². The molecule has 2 aromatic carbocycles. The van der Waals surface area contributed by atoms with E-state index in [0.29, 0.717) is 6.54 Å². The first-order valence-electron chi connectivity index (χ1n) is 10.2. The quantitative estimate of drug-likeness (QED) is 0.838. The zero-order chi connectivity index (χ0) is 19.3. The lowest BCUT2D eigenvalue weighted by Gasteiger charge is -2.27. The average molecular weight is 380 g/mol. The average Bonchev–Trinajstić information content (AvgIpc) is 3.17. The summed E-state index contributed by atoms with van der Waals surface area (Å²) in [5, 5.41) is 3.45. The standard InChI is InChI=1S/C23H29N3O2/c1-18(23(27)26-11-10-19-6-4-5-9-22(19)26)24-16-20-7-2-3-8-21(20)17-25-12-14-28-15-13-25/h2-9,18,24H,10-17H2,1H3/t18-/m0/s1. The van der Waals surface area contributed by atoms with Crippen LogP contribution in [0.2, 0.25) is 0 Å². The summed E-state index contributed by atoms with van der Waals surface area (Å²) in [5.41, 5.74) is 4.91. The number of amides is 1. The van der Waals surface area contributed by atoms with E-state index in [4.69, 9.17) is 4.74 Å². The fraction of sp³-hybridized carbons (Fsp3) is 0.435. The molecule has 5 nitrogen and oxygen atoms in total. The smallest absolute Gasteiger partial charge is 0.243 e. The summed E-state index contributed by atoms with van der Waals surface area (Å²) in [6, 6.07) is 16.5. The van der Waals surface area contributed by atoms with Crippen molar-refractivity contribution < 1.29 is 9.53 Å². The maximum Gasteiger partial charge on any atom is 0.243 e. The molecular formula is C23H29N3O2. The number of hydrogen-bond acceptors (Lipinski definition) is 4. The molecule has 1 fully saturated rings. The van der Waals surface area contributed by atoms with Gasteiger partial charge in [-0.25, -0.2) is 0 Å². The first-order valence-corrected chi connectivity index (χ1v) is 10.2. The van der Waals surface area contributed by atoms with Crippen LogP contribution in [0.1, 0.15) is 23.6 Å². The zero-order valence-corrected chi connectivity index (χ0v) is 16.6. The Morgan fingerprint density at radius 3 is 2.57 bits per heavy atom. The normalized spacial score (nSPS) is 18.1. The van der Waals surface area contributed by atoms with Crippen molar-refractivity contribution >= 4 is 11.6 Å². The lowest BCUT2D eigenvalue weighted by Crippen LogP contribution is -2.44. The monoisotopic (exact) mass is 379 g/mol. The summed E-state index contributed by atoms with van der Waals surface area (Å²) in [5.74, 6) is 0.149. The summed E-state index contributed by atoms with van der Waals surface area (Å²) in [6.07, 6.45) is 0.941. The number of hydrogen-bond donors (Lipinski definition) is 1.